The molecule has 0 aliphatic rings. The van der Waals surface area contributed by atoms with E-state index < -0.39 is 6.10 Å². The molecule has 0 spiro atoms. The summed E-state index contributed by atoms with van der Waals surface area (Å²) in [5.41, 5.74) is 0. The Morgan fingerprint density at radius 1 is 0.344 bits per heavy atom. The van der Waals surface area contributed by atoms with Crippen LogP contribution in [0.15, 0.2) is 122 Å². The van der Waals surface area contributed by atoms with Gasteiger partial charge < -0.3 is 14.2 Å². The van der Waals surface area contributed by atoms with Gasteiger partial charge in [-0.2, -0.15) is 0 Å². The molecule has 0 bridgehead atoms. The summed E-state index contributed by atoms with van der Waals surface area (Å²) >= 11 is 0. The van der Waals surface area contributed by atoms with Crippen LogP contribution in [-0.2, 0) is 28.6 Å². The van der Waals surface area contributed by atoms with E-state index in [2.05, 4.69) is 106 Å². The van der Waals surface area contributed by atoms with E-state index in [1.165, 1.54) is 51.4 Å². The van der Waals surface area contributed by atoms with Gasteiger partial charge in [-0.25, -0.2) is 0 Å². The lowest BCUT2D eigenvalue weighted by molar-refractivity contribution is -0.167. The molecule has 0 heterocycles. The quantitative estimate of drug-likeness (QED) is 0.0199. The molecule has 0 aliphatic carbocycles. The Balaban J connectivity index is 4.53. The highest BCUT2D eigenvalue weighted by Gasteiger charge is 2.19. The lowest BCUT2D eigenvalue weighted by atomic mass is 10.1. The molecule has 6 heteroatoms. The van der Waals surface area contributed by atoms with Crippen LogP contribution in [0.5, 0.6) is 0 Å². The van der Waals surface area contributed by atoms with Crippen molar-refractivity contribution in [2.24, 2.45) is 0 Å². The van der Waals surface area contributed by atoms with Crippen molar-refractivity contribution in [3.63, 3.8) is 0 Å². The third kappa shape index (κ3) is 48.8. The Bertz CT molecular complexity index is 1390. The van der Waals surface area contributed by atoms with E-state index in [-0.39, 0.29) is 37.5 Å². The number of esters is 3. The fourth-order valence-corrected chi connectivity index (χ4v) is 6.47. The fourth-order valence-electron chi connectivity index (χ4n) is 6.47. The molecule has 1 atom stereocenters. The van der Waals surface area contributed by atoms with E-state index in [0.717, 1.165) is 109 Å². The van der Waals surface area contributed by atoms with Gasteiger partial charge in [0.25, 0.3) is 0 Å². The summed E-state index contributed by atoms with van der Waals surface area (Å²) < 4.78 is 16.7. The van der Waals surface area contributed by atoms with Crippen molar-refractivity contribution in [2.45, 2.75) is 213 Å². The van der Waals surface area contributed by atoms with Gasteiger partial charge in [0.1, 0.15) is 13.2 Å². The van der Waals surface area contributed by atoms with Crippen LogP contribution < -0.4 is 0 Å². The average Bonchev–Trinajstić information content (AvgIpc) is 3.29. The highest BCUT2D eigenvalue weighted by atomic mass is 16.6. The van der Waals surface area contributed by atoms with Crippen molar-refractivity contribution in [3.05, 3.63) is 122 Å². The predicted octanol–water partition coefficient (Wildman–Crippen LogP) is 16.9. The van der Waals surface area contributed by atoms with Gasteiger partial charge in [0.05, 0.1) is 0 Å². The molecular weight excluding hydrogens is 793 g/mol. The number of unbranched alkanes of at least 4 members (excludes halogenated alkanes) is 16. The summed E-state index contributed by atoms with van der Waals surface area (Å²) in [6, 6.07) is 0. The van der Waals surface area contributed by atoms with Crippen LogP contribution in [0.4, 0.5) is 0 Å². The number of hydrogen-bond donors (Lipinski definition) is 0. The first-order valence-electron chi connectivity index (χ1n) is 25.6. The Morgan fingerprint density at radius 2 is 0.688 bits per heavy atom. The largest absolute Gasteiger partial charge is 0.462 e. The molecule has 0 saturated heterocycles. The Labute approximate surface area is 392 Å². The van der Waals surface area contributed by atoms with Crippen molar-refractivity contribution in [1.29, 1.82) is 0 Å². The molecule has 0 aromatic heterocycles. The predicted molar refractivity (Wildman–Crippen MR) is 274 cm³/mol. The number of carbonyl (C=O) groups excluding carboxylic acids is 3. The minimum absolute atomic E-state index is 0.112. The average molecular weight is 885 g/mol. The van der Waals surface area contributed by atoms with Crippen molar-refractivity contribution in [3.8, 4) is 0 Å². The first kappa shape index (κ1) is 59.8. The van der Waals surface area contributed by atoms with E-state index in [4.69, 9.17) is 14.2 Å². The molecule has 0 aromatic rings. The van der Waals surface area contributed by atoms with E-state index in [0.29, 0.717) is 19.3 Å². The molecule has 360 valence electrons. The summed E-state index contributed by atoms with van der Waals surface area (Å²) in [4.78, 5) is 38.0. The monoisotopic (exact) mass is 885 g/mol. The van der Waals surface area contributed by atoms with Crippen LogP contribution in [0.1, 0.15) is 207 Å². The molecule has 0 rings (SSSR count). The molecule has 0 radical (unpaired) electrons. The van der Waals surface area contributed by atoms with E-state index in [9.17, 15) is 14.4 Å². The number of rotatable bonds is 44. The van der Waals surface area contributed by atoms with Crippen LogP contribution in [0.3, 0.4) is 0 Å². The van der Waals surface area contributed by atoms with Crippen LogP contribution in [0.25, 0.3) is 0 Å². The van der Waals surface area contributed by atoms with Gasteiger partial charge in [0, 0.05) is 19.3 Å². The third-order valence-corrected chi connectivity index (χ3v) is 10.3. The minimum atomic E-state index is -0.817. The number of hydrogen-bond acceptors (Lipinski definition) is 6. The number of ether oxygens (including phenoxy) is 3. The van der Waals surface area contributed by atoms with E-state index in [1.54, 1.807) is 0 Å². The maximum absolute atomic E-state index is 12.8. The van der Waals surface area contributed by atoms with Gasteiger partial charge in [-0.05, 0) is 109 Å². The smallest absolute Gasteiger partial charge is 0.306 e. The SMILES string of the molecule is CC\C=C/C=C\C=C/C=C\CCCCCC(=O)OCC(COC(=O)CCCCCCCCC/C=C\C/C=C\CCCCC)OC(=O)CCCCC/C=C\C/C=C\C/C=C\C/C=C\CC. The maximum atomic E-state index is 12.8. The number of allylic oxidation sites excluding steroid dienone is 20. The van der Waals surface area contributed by atoms with Crippen molar-refractivity contribution in [1.82, 2.24) is 0 Å². The zero-order valence-electron chi connectivity index (χ0n) is 41.0. The topological polar surface area (TPSA) is 78.9 Å². The molecule has 6 nitrogen and oxygen atoms in total. The second-order valence-corrected chi connectivity index (χ2v) is 16.4. The normalized spacial score (nSPS) is 13.1. The van der Waals surface area contributed by atoms with Crippen LogP contribution >= 0.6 is 0 Å². The van der Waals surface area contributed by atoms with Gasteiger partial charge >= 0.3 is 17.9 Å². The highest BCUT2D eigenvalue weighted by Crippen LogP contribution is 2.13. The zero-order chi connectivity index (χ0) is 46.5. The highest BCUT2D eigenvalue weighted by molar-refractivity contribution is 5.71. The molecule has 64 heavy (non-hydrogen) atoms. The van der Waals surface area contributed by atoms with Gasteiger partial charge in [-0.15, -0.1) is 0 Å². The van der Waals surface area contributed by atoms with Crippen molar-refractivity contribution < 1.29 is 28.6 Å². The zero-order valence-corrected chi connectivity index (χ0v) is 41.0. The molecule has 1 unspecified atom stereocenters. The molecular formula is C58H92O6. The van der Waals surface area contributed by atoms with Crippen molar-refractivity contribution >= 4 is 17.9 Å². The lowest BCUT2D eigenvalue weighted by Gasteiger charge is -2.18. The van der Waals surface area contributed by atoms with Gasteiger partial charge in [0.2, 0.25) is 0 Å². The Morgan fingerprint density at radius 3 is 1.16 bits per heavy atom. The summed E-state index contributed by atoms with van der Waals surface area (Å²) in [7, 11) is 0. The van der Waals surface area contributed by atoms with E-state index in [1.807, 2.05) is 36.5 Å². The molecule has 0 N–H and O–H groups in total. The minimum Gasteiger partial charge on any atom is -0.462 e. The van der Waals surface area contributed by atoms with Gasteiger partial charge in [-0.3, -0.25) is 14.4 Å². The second kappa shape index (κ2) is 51.4. The van der Waals surface area contributed by atoms with E-state index >= 15 is 0 Å². The molecule has 0 fully saturated rings. The number of carbonyl (C=O) groups is 3. The molecule has 0 saturated carbocycles. The molecule has 0 aromatic carbocycles. The maximum Gasteiger partial charge on any atom is 0.306 e. The second-order valence-electron chi connectivity index (χ2n) is 16.4. The fraction of sp³-hybridized carbons (Fsp3) is 0.603. The van der Waals surface area contributed by atoms with Crippen LogP contribution in [-0.4, -0.2) is 37.2 Å². The molecule has 0 aliphatic heterocycles. The van der Waals surface area contributed by atoms with Crippen LogP contribution in [0.2, 0.25) is 0 Å². The summed E-state index contributed by atoms with van der Waals surface area (Å²) in [5.74, 6) is -0.999. The summed E-state index contributed by atoms with van der Waals surface area (Å²) in [6.07, 6.45) is 70.4. The summed E-state index contributed by atoms with van der Waals surface area (Å²) in [6.45, 7) is 6.27. The Kier molecular flexibility index (Phi) is 48.1. The Hall–Kier alpha value is -4.19. The van der Waals surface area contributed by atoms with Gasteiger partial charge in [0.15, 0.2) is 6.10 Å². The first-order chi connectivity index (χ1) is 31.5. The van der Waals surface area contributed by atoms with Gasteiger partial charge in [-0.1, -0.05) is 200 Å². The molecule has 0 amide bonds. The lowest BCUT2D eigenvalue weighted by Crippen LogP contribution is -2.30. The van der Waals surface area contributed by atoms with Crippen LogP contribution in [0, 0.1) is 0 Å². The standard InChI is InChI=1S/C58H92O6/c1-4-7-10-13-16-19-22-25-27-29-31-33-36-39-42-45-48-51-57(60)63-54-55(53-62-56(59)50-47-44-41-38-35-32-24-21-18-15-12-9-6-3)64-58(61)52-49-46-43-40-37-34-30-28-26-23-20-17-14-11-8-5-2/h8-9,11-12,15-21,24-28,32,34-35,37,55H,4-7,10,13-14,22-23,29-31,33,36,38-54H2,1-3H3/b11-8-,12-9-,18-15-,19-16-,20-17-,24-21-,27-25-,28-26-,35-32-,37-34-. The third-order valence-electron chi connectivity index (χ3n) is 10.3. The van der Waals surface area contributed by atoms with Crippen molar-refractivity contribution in [2.75, 3.05) is 13.2 Å². The first-order valence-corrected chi connectivity index (χ1v) is 25.6. The summed E-state index contributed by atoms with van der Waals surface area (Å²) in [5, 5.41) is 0.